The average molecular weight is 196 g/mol. The third kappa shape index (κ3) is 3.35. The Bertz CT molecular complexity index is 275. The fraction of sp³-hybridized carbons (Fsp3) is 0.250. The minimum atomic E-state index is 0.0719. The molecule has 1 aromatic rings. The summed E-state index contributed by atoms with van der Waals surface area (Å²) in [6, 6.07) is 5.81. The molecule has 70 valence electrons. The second-order valence-electron chi connectivity index (χ2n) is 2.61. The van der Waals surface area contributed by atoms with E-state index in [1.54, 1.807) is 6.20 Å². The van der Waals surface area contributed by atoms with Crippen molar-refractivity contribution in [3.05, 3.63) is 30.1 Å². The summed E-state index contributed by atoms with van der Waals surface area (Å²) in [4.78, 5) is 4.17. The van der Waals surface area contributed by atoms with Crippen molar-refractivity contribution in [1.82, 2.24) is 15.8 Å². The minimum Gasteiger partial charge on any atom is -0.375 e. The van der Waals surface area contributed by atoms with Crippen LogP contribution in [-0.4, -0.2) is 10.1 Å². The molecule has 1 atom stereocenters. The summed E-state index contributed by atoms with van der Waals surface area (Å²) in [6.45, 7) is 1.97. The Morgan fingerprint density at radius 1 is 1.62 bits per heavy atom. The highest BCUT2D eigenvalue weighted by Gasteiger charge is 2.03. The standard InChI is InChI=1S/C8H12N4S/c1-6(11-12-8(9)13)7-4-2-3-5-10-7/h2-6,11H,1H3,(H3,9,12,13). The van der Waals surface area contributed by atoms with Gasteiger partial charge in [-0.3, -0.25) is 10.4 Å². The molecule has 0 spiro atoms. The van der Waals surface area contributed by atoms with Crippen molar-refractivity contribution in [3.63, 3.8) is 0 Å². The van der Waals surface area contributed by atoms with Crippen molar-refractivity contribution in [2.24, 2.45) is 5.73 Å². The minimum absolute atomic E-state index is 0.0719. The molecule has 1 aromatic heterocycles. The summed E-state index contributed by atoms with van der Waals surface area (Å²) in [5, 5.41) is 0.225. The fourth-order valence-corrected chi connectivity index (χ4v) is 0.944. The Morgan fingerprint density at radius 3 is 2.92 bits per heavy atom. The second kappa shape index (κ2) is 4.74. The van der Waals surface area contributed by atoms with Crippen LogP contribution in [-0.2, 0) is 0 Å². The maximum Gasteiger partial charge on any atom is 0.178 e. The zero-order valence-corrected chi connectivity index (χ0v) is 8.14. The quantitative estimate of drug-likeness (QED) is 0.485. The molecule has 1 unspecified atom stereocenters. The molecule has 4 nitrogen and oxygen atoms in total. The largest absolute Gasteiger partial charge is 0.375 e. The molecule has 0 saturated heterocycles. The number of aromatic nitrogens is 1. The second-order valence-corrected chi connectivity index (χ2v) is 3.05. The first kappa shape index (κ1) is 9.88. The van der Waals surface area contributed by atoms with E-state index >= 15 is 0 Å². The van der Waals surface area contributed by atoms with Crippen molar-refractivity contribution in [2.75, 3.05) is 0 Å². The van der Waals surface area contributed by atoms with E-state index in [0.717, 1.165) is 5.69 Å². The Balaban J connectivity index is 2.49. The molecule has 5 heteroatoms. The van der Waals surface area contributed by atoms with Crippen LogP contribution in [0.25, 0.3) is 0 Å². The van der Waals surface area contributed by atoms with Crippen molar-refractivity contribution in [1.29, 1.82) is 0 Å². The van der Waals surface area contributed by atoms with Crippen LogP contribution in [0.1, 0.15) is 18.7 Å². The summed E-state index contributed by atoms with van der Waals surface area (Å²) in [6.07, 6.45) is 1.74. The highest BCUT2D eigenvalue weighted by molar-refractivity contribution is 7.80. The zero-order valence-electron chi connectivity index (χ0n) is 7.32. The first-order valence-electron chi connectivity index (χ1n) is 3.92. The number of rotatable bonds is 3. The number of hydrogen-bond donors (Lipinski definition) is 3. The van der Waals surface area contributed by atoms with Gasteiger partial charge in [0.15, 0.2) is 5.11 Å². The molecule has 4 N–H and O–H groups in total. The van der Waals surface area contributed by atoms with Crippen LogP contribution < -0.4 is 16.6 Å². The third-order valence-electron chi connectivity index (χ3n) is 1.54. The summed E-state index contributed by atoms with van der Waals surface area (Å²) < 4.78 is 0. The summed E-state index contributed by atoms with van der Waals surface area (Å²) in [5.41, 5.74) is 11.8. The summed E-state index contributed by atoms with van der Waals surface area (Å²) in [5.74, 6) is 0. The van der Waals surface area contributed by atoms with Gasteiger partial charge in [0.1, 0.15) is 0 Å². The molecule has 0 bridgehead atoms. The number of nitrogens with one attached hydrogen (secondary N) is 2. The highest BCUT2D eigenvalue weighted by atomic mass is 32.1. The lowest BCUT2D eigenvalue weighted by atomic mass is 10.2. The molecule has 1 heterocycles. The Hall–Kier alpha value is -1.20. The molecular formula is C8H12N4S. The van der Waals surface area contributed by atoms with Gasteiger partial charge in [-0.15, -0.1) is 0 Å². The van der Waals surface area contributed by atoms with Crippen molar-refractivity contribution < 1.29 is 0 Å². The highest BCUT2D eigenvalue weighted by Crippen LogP contribution is 2.05. The Labute approximate surface area is 82.5 Å². The summed E-state index contributed by atoms with van der Waals surface area (Å²) >= 11 is 4.65. The van der Waals surface area contributed by atoms with Gasteiger partial charge in [0, 0.05) is 6.20 Å². The van der Waals surface area contributed by atoms with Crippen LogP contribution in [0.4, 0.5) is 0 Å². The van der Waals surface area contributed by atoms with Crippen molar-refractivity contribution in [3.8, 4) is 0 Å². The number of pyridine rings is 1. The van der Waals surface area contributed by atoms with Gasteiger partial charge in [0.25, 0.3) is 0 Å². The Kier molecular flexibility index (Phi) is 3.60. The van der Waals surface area contributed by atoms with Gasteiger partial charge in [-0.1, -0.05) is 6.07 Å². The molecule has 0 aliphatic heterocycles. The van der Waals surface area contributed by atoms with Crippen LogP contribution >= 0.6 is 12.2 Å². The lowest BCUT2D eigenvalue weighted by molar-refractivity contribution is 0.534. The van der Waals surface area contributed by atoms with E-state index in [-0.39, 0.29) is 11.2 Å². The van der Waals surface area contributed by atoms with E-state index in [4.69, 9.17) is 5.73 Å². The van der Waals surface area contributed by atoms with Crippen molar-refractivity contribution in [2.45, 2.75) is 13.0 Å². The van der Waals surface area contributed by atoms with E-state index in [0.29, 0.717) is 0 Å². The van der Waals surface area contributed by atoms with Crippen molar-refractivity contribution >= 4 is 17.3 Å². The molecule has 0 saturated carbocycles. The van der Waals surface area contributed by atoms with E-state index in [1.165, 1.54) is 0 Å². The predicted molar refractivity (Wildman–Crippen MR) is 55.7 cm³/mol. The van der Waals surface area contributed by atoms with E-state index in [2.05, 4.69) is 28.1 Å². The van der Waals surface area contributed by atoms with Gasteiger partial charge in [-0.2, -0.15) is 0 Å². The molecule has 0 aliphatic rings. The lowest BCUT2D eigenvalue weighted by Crippen LogP contribution is -2.42. The van der Waals surface area contributed by atoms with E-state index in [9.17, 15) is 0 Å². The Morgan fingerprint density at radius 2 is 2.38 bits per heavy atom. The smallest absolute Gasteiger partial charge is 0.178 e. The number of thiocarbonyl (C=S) groups is 1. The van der Waals surface area contributed by atoms with Crippen LogP contribution in [0.2, 0.25) is 0 Å². The van der Waals surface area contributed by atoms with Gasteiger partial charge < -0.3 is 5.73 Å². The fourth-order valence-electron chi connectivity index (χ4n) is 0.885. The molecule has 0 aromatic carbocycles. The van der Waals surface area contributed by atoms with Gasteiger partial charge in [0.05, 0.1) is 11.7 Å². The van der Waals surface area contributed by atoms with Gasteiger partial charge >= 0.3 is 0 Å². The molecule has 13 heavy (non-hydrogen) atoms. The van der Waals surface area contributed by atoms with E-state index in [1.807, 2.05) is 25.1 Å². The van der Waals surface area contributed by atoms with Crippen LogP contribution in [0.5, 0.6) is 0 Å². The van der Waals surface area contributed by atoms with Gasteiger partial charge in [-0.05, 0) is 31.3 Å². The molecule has 1 rings (SSSR count). The molecule has 0 fully saturated rings. The maximum absolute atomic E-state index is 5.26. The average Bonchev–Trinajstić information content (AvgIpc) is 2.15. The first-order chi connectivity index (χ1) is 6.20. The van der Waals surface area contributed by atoms with Crippen LogP contribution in [0, 0.1) is 0 Å². The number of hydrazine groups is 1. The molecule has 0 radical (unpaired) electrons. The summed E-state index contributed by atoms with van der Waals surface area (Å²) in [7, 11) is 0. The topological polar surface area (TPSA) is 63.0 Å². The zero-order chi connectivity index (χ0) is 9.68. The number of hydrogen-bond acceptors (Lipinski definition) is 3. The maximum atomic E-state index is 5.26. The SMILES string of the molecule is CC(NNC(N)=S)c1ccccn1. The third-order valence-corrected chi connectivity index (χ3v) is 1.65. The first-order valence-corrected chi connectivity index (χ1v) is 4.33. The van der Waals surface area contributed by atoms with Gasteiger partial charge in [-0.25, -0.2) is 5.43 Å². The molecule has 0 amide bonds. The number of nitrogens with two attached hydrogens (primary N) is 1. The normalized spacial score (nSPS) is 12.1. The predicted octanol–water partition coefficient (Wildman–Crippen LogP) is 0.480. The molecule has 0 aliphatic carbocycles. The van der Waals surface area contributed by atoms with Crippen LogP contribution in [0.3, 0.4) is 0 Å². The van der Waals surface area contributed by atoms with E-state index < -0.39 is 0 Å². The molecular weight excluding hydrogens is 184 g/mol. The monoisotopic (exact) mass is 196 g/mol. The number of nitrogens with zero attached hydrogens (tertiary/aromatic N) is 1. The van der Waals surface area contributed by atoms with Crippen LogP contribution in [0.15, 0.2) is 24.4 Å². The van der Waals surface area contributed by atoms with Gasteiger partial charge in [0.2, 0.25) is 0 Å². The lowest BCUT2D eigenvalue weighted by Gasteiger charge is -2.13.